The van der Waals surface area contributed by atoms with Gasteiger partial charge in [0.15, 0.2) is 0 Å². The van der Waals surface area contributed by atoms with E-state index < -0.39 is 5.51 Å². The maximum absolute atomic E-state index is 12.1. The molecule has 1 aliphatic heterocycles. The minimum absolute atomic E-state index is 0.0955. The molecule has 0 aromatic heterocycles. The number of nitrogens with zero attached hydrogens (tertiary/aromatic N) is 1. The number of alkyl halides is 3. The summed E-state index contributed by atoms with van der Waals surface area (Å²) < 4.78 is 36.3. The van der Waals surface area contributed by atoms with Gasteiger partial charge in [-0.2, -0.15) is 13.2 Å². The third kappa shape index (κ3) is 6.85. The lowest BCUT2D eigenvalue weighted by Crippen LogP contribution is -2.46. The van der Waals surface area contributed by atoms with Crippen LogP contribution in [0.15, 0.2) is 0 Å². The van der Waals surface area contributed by atoms with E-state index in [1.54, 1.807) is 0 Å². The van der Waals surface area contributed by atoms with Crippen LogP contribution in [0, 0.1) is 0 Å². The van der Waals surface area contributed by atoms with Gasteiger partial charge in [-0.15, -0.1) is 0 Å². The standard InChI is InChI=1S/C12H23F3N2S/c1-2-6-16-10-11-5-3-4-7-17(11)8-9-18-12(13,14)15/h11,16H,2-10H2,1H3. The molecule has 0 spiro atoms. The second kappa shape index (κ2) is 8.27. The fraction of sp³-hybridized carbons (Fsp3) is 1.00. The Hall–Kier alpha value is 0.0600. The summed E-state index contributed by atoms with van der Waals surface area (Å²) >= 11 is 0.0955. The number of piperidine rings is 1. The quantitative estimate of drug-likeness (QED) is 0.723. The van der Waals surface area contributed by atoms with Gasteiger partial charge in [-0.3, -0.25) is 4.90 Å². The highest BCUT2D eigenvalue weighted by Crippen LogP contribution is 2.30. The molecular weight excluding hydrogens is 261 g/mol. The number of hydrogen-bond donors (Lipinski definition) is 1. The summed E-state index contributed by atoms with van der Waals surface area (Å²) in [4.78, 5) is 2.21. The Labute approximate surface area is 112 Å². The molecule has 1 fully saturated rings. The van der Waals surface area contributed by atoms with E-state index in [1.807, 2.05) is 0 Å². The molecule has 2 nitrogen and oxygen atoms in total. The number of rotatable bonds is 7. The second-order valence-corrected chi connectivity index (χ2v) is 5.84. The minimum atomic E-state index is -4.09. The number of hydrogen-bond acceptors (Lipinski definition) is 3. The van der Waals surface area contributed by atoms with Gasteiger partial charge in [0.05, 0.1) is 0 Å². The van der Waals surface area contributed by atoms with Crippen LogP contribution < -0.4 is 5.32 Å². The molecule has 0 radical (unpaired) electrons. The second-order valence-electron chi connectivity index (χ2n) is 4.68. The van der Waals surface area contributed by atoms with E-state index in [4.69, 9.17) is 0 Å². The molecule has 1 saturated heterocycles. The van der Waals surface area contributed by atoms with Crippen LogP contribution in [0.4, 0.5) is 13.2 Å². The van der Waals surface area contributed by atoms with Crippen LogP contribution >= 0.6 is 11.8 Å². The molecule has 0 aromatic carbocycles. The molecule has 1 atom stereocenters. The van der Waals surface area contributed by atoms with Gasteiger partial charge < -0.3 is 5.32 Å². The summed E-state index contributed by atoms with van der Waals surface area (Å²) in [6.45, 7) is 5.50. The zero-order chi connectivity index (χ0) is 13.4. The number of thioether (sulfide) groups is 1. The number of halogens is 3. The Morgan fingerprint density at radius 1 is 1.33 bits per heavy atom. The van der Waals surface area contributed by atoms with Gasteiger partial charge in [-0.25, -0.2) is 0 Å². The summed E-state index contributed by atoms with van der Waals surface area (Å²) in [7, 11) is 0. The Bertz CT molecular complexity index is 224. The molecule has 1 N–H and O–H groups in total. The molecule has 1 aliphatic rings. The smallest absolute Gasteiger partial charge is 0.315 e. The van der Waals surface area contributed by atoms with Crippen LogP contribution in [0.3, 0.4) is 0 Å². The molecule has 1 heterocycles. The molecule has 1 rings (SSSR count). The van der Waals surface area contributed by atoms with E-state index >= 15 is 0 Å². The van der Waals surface area contributed by atoms with E-state index in [1.165, 1.54) is 6.42 Å². The average Bonchev–Trinajstić information content (AvgIpc) is 2.30. The van der Waals surface area contributed by atoms with Crippen molar-refractivity contribution in [2.45, 2.75) is 44.2 Å². The van der Waals surface area contributed by atoms with Crippen molar-refractivity contribution in [3.63, 3.8) is 0 Å². The summed E-state index contributed by atoms with van der Waals surface area (Å²) in [6, 6.07) is 0.416. The molecule has 0 aliphatic carbocycles. The fourth-order valence-corrected chi connectivity index (χ4v) is 2.87. The Kier molecular flexibility index (Phi) is 7.41. The highest BCUT2D eigenvalue weighted by atomic mass is 32.2. The fourth-order valence-electron chi connectivity index (χ4n) is 2.31. The molecular formula is C12H23F3N2S. The van der Waals surface area contributed by atoms with Gasteiger partial charge in [-0.1, -0.05) is 13.3 Å². The Morgan fingerprint density at radius 3 is 2.78 bits per heavy atom. The van der Waals surface area contributed by atoms with E-state index in [9.17, 15) is 13.2 Å². The largest absolute Gasteiger partial charge is 0.441 e. The highest BCUT2D eigenvalue weighted by Gasteiger charge is 2.29. The van der Waals surface area contributed by atoms with Crippen LogP contribution in [0.1, 0.15) is 32.6 Å². The zero-order valence-electron chi connectivity index (χ0n) is 10.9. The zero-order valence-corrected chi connectivity index (χ0v) is 11.7. The van der Waals surface area contributed by atoms with Crippen molar-refractivity contribution in [1.82, 2.24) is 10.2 Å². The highest BCUT2D eigenvalue weighted by molar-refractivity contribution is 8.00. The normalized spacial score (nSPS) is 22.3. The van der Waals surface area contributed by atoms with Crippen molar-refractivity contribution in [3.8, 4) is 0 Å². The first kappa shape index (κ1) is 16.1. The molecule has 0 saturated carbocycles. The van der Waals surface area contributed by atoms with E-state index in [0.29, 0.717) is 12.6 Å². The van der Waals surface area contributed by atoms with Crippen molar-refractivity contribution in [2.75, 3.05) is 31.9 Å². The Balaban J connectivity index is 2.26. The number of nitrogens with one attached hydrogen (secondary N) is 1. The Morgan fingerprint density at radius 2 is 2.11 bits per heavy atom. The summed E-state index contributed by atoms with van der Waals surface area (Å²) in [6.07, 6.45) is 4.51. The van der Waals surface area contributed by atoms with Crippen LogP contribution in [0.25, 0.3) is 0 Å². The van der Waals surface area contributed by atoms with E-state index in [-0.39, 0.29) is 17.5 Å². The predicted molar refractivity (Wildman–Crippen MR) is 70.9 cm³/mol. The molecule has 6 heteroatoms. The van der Waals surface area contributed by atoms with Gasteiger partial charge in [0, 0.05) is 24.9 Å². The SMILES string of the molecule is CCCNCC1CCCCN1CCSC(F)(F)F. The van der Waals surface area contributed by atoms with Crippen LogP contribution in [-0.2, 0) is 0 Å². The third-order valence-corrected chi connectivity index (χ3v) is 3.91. The molecule has 0 aromatic rings. The maximum atomic E-state index is 12.1. The van der Waals surface area contributed by atoms with Gasteiger partial charge in [0.25, 0.3) is 0 Å². The molecule has 0 amide bonds. The lowest BCUT2D eigenvalue weighted by atomic mass is 10.0. The van der Waals surface area contributed by atoms with E-state index in [2.05, 4.69) is 17.1 Å². The predicted octanol–water partition coefficient (Wildman–Crippen LogP) is 3.09. The first-order valence-electron chi connectivity index (χ1n) is 6.68. The summed E-state index contributed by atoms with van der Waals surface area (Å²) in [5.74, 6) is 0.147. The summed E-state index contributed by atoms with van der Waals surface area (Å²) in [5, 5.41) is 3.37. The van der Waals surface area contributed by atoms with Crippen molar-refractivity contribution in [3.05, 3.63) is 0 Å². The lowest BCUT2D eigenvalue weighted by Gasteiger charge is -2.35. The van der Waals surface area contributed by atoms with Crippen LogP contribution in [0.2, 0.25) is 0 Å². The van der Waals surface area contributed by atoms with Crippen molar-refractivity contribution >= 4 is 11.8 Å². The van der Waals surface area contributed by atoms with E-state index in [0.717, 1.165) is 38.9 Å². The van der Waals surface area contributed by atoms with Crippen molar-refractivity contribution < 1.29 is 13.2 Å². The topological polar surface area (TPSA) is 15.3 Å². The van der Waals surface area contributed by atoms with Gasteiger partial charge in [0.1, 0.15) is 0 Å². The maximum Gasteiger partial charge on any atom is 0.441 e. The third-order valence-electron chi connectivity index (χ3n) is 3.20. The van der Waals surface area contributed by atoms with Gasteiger partial charge in [-0.05, 0) is 44.1 Å². The number of likely N-dealkylation sites (tertiary alicyclic amines) is 1. The average molecular weight is 284 g/mol. The van der Waals surface area contributed by atoms with Crippen LogP contribution in [-0.4, -0.2) is 48.4 Å². The van der Waals surface area contributed by atoms with Crippen molar-refractivity contribution in [2.24, 2.45) is 0 Å². The molecule has 18 heavy (non-hydrogen) atoms. The van der Waals surface area contributed by atoms with Crippen molar-refractivity contribution in [1.29, 1.82) is 0 Å². The molecule has 1 unspecified atom stereocenters. The summed E-state index contributed by atoms with van der Waals surface area (Å²) in [5.41, 5.74) is -4.09. The molecule has 0 bridgehead atoms. The first-order valence-corrected chi connectivity index (χ1v) is 7.67. The van der Waals surface area contributed by atoms with Gasteiger partial charge >= 0.3 is 5.51 Å². The monoisotopic (exact) mass is 284 g/mol. The first-order chi connectivity index (χ1) is 8.53. The minimum Gasteiger partial charge on any atom is -0.315 e. The van der Waals surface area contributed by atoms with Crippen LogP contribution in [0.5, 0.6) is 0 Å². The molecule has 108 valence electrons. The lowest BCUT2D eigenvalue weighted by molar-refractivity contribution is -0.0329. The van der Waals surface area contributed by atoms with Gasteiger partial charge in [0.2, 0.25) is 0 Å².